The first-order valence-corrected chi connectivity index (χ1v) is 7.79. The molecule has 0 radical (unpaired) electrons. The van der Waals surface area contributed by atoms with Gasteiger partial charge in [0.05, 0.1) is 22.3 Å². The summed E-state index contributed by atoms with van der Waals surface area (Å²) in [6.07, 6.45) is 0. The van der Waals surface area contributed by atoms with Gasteiger partial charge in [-0.1, -0.05) is 0 Å². The van der Waals surface area contributed by atoms with E-state index in [-0.39, 0.29) is 66.2 Å². The molecule has 0 aliphatic heterocycles. The van der Waals surface area contributed by atoms with Gasteiger partial charge in [-0.15, -0.1) is 20.4 Å². The SMILES string of the molecule is N#Cc1nnc2c3nnnnc3c3c(C#N)c(C#N)c(C#N)c(C#N)c3c2c1C#N. The van der Waals surface area contributed by atoms with Crippen LogP contribution in [-0.2, 0) is 0 Å². The van der Waals surface area contributed by atoms with E-state index in [0.717, 1.165) is 0 Å². The lowest BCUT2D eigenvalue weighted by molar-refractivity contribution is 0.799. The van der Waals surface area contributed by atoms with Crippen LogP contribution in [-0.4, -0.2) is 30.8 Å². The number of hydrogen-bond donors (Lipinski definition) is 0. The Bertz CT molecular complexity index is 1690. The Morgan fingerprint density at radius 1 is 0.400 bits per heavy atom. The zero-order valence-electron chi connectivity index (χ0n) is 14.4. The maximum absolute atomic E-state index is 9.81. The first-order chi connectivity index (χ1) is 14.7. The number of nitrogens with zero attached hydrogens (tertiary/aromatic N) is 12. The first kappa shape index (κ1) is 17.6. The molecular weight excluding hydrogens is 384 g/mol. The van der Waals surface area contributed by atoms with E-state index in [1.165, 1.54) is 0 Å². The molecular formula is C18N12. The summed E-state index contributed by atoms with van der Waals surface area (Å²) in [5, 5.41) is 80.0. The second-order valence-electron chi connectivity index (χ2n) is 5.64. The fourth-order valence-corrected chi connectivity index (χ4v) is 3.27. The summed E-state index contributed by atoms with van der Waals surface area (Å²) in [6, 6.07) is 10.8. The molecule has 0 N–H and O–H groups in total. The minimum absolute atomic E-state index is 0.00465. The molecule has 2 aromatic heterocycles. The summed E-state index contributed by atoms with van der Waals surface area (Å²) in [6.45, 7) is 0. The summed E-state index contributed by atoms with van der Waals surface area (Å²) < 4.78 is 0. The zero-order chi connectivity index (χ0) is 21.4. The number of benzene rings is 2. The molecule has 2 heterocycles. The van der Waals surface area contributed by atoms with E-state index < -0.39 is 0 Å². The smallest absolute Gasteiger partial charge is 0.181 e. The topological polar surface area (TPSA) is 220 Å². The average molecular weight is 384 g/mol. The third-order valence-corrected chi connectivity index (χ3v) is 4.40. The lowest BCUT2D eigenvalue weighted by Crippen LogP contribution is -2.05. The second kappa shape index (κ2) is 6.41. The fraction of sp³-hybridized carbons (Fsp3) is 0. The molecule has 2 aromatic carbocycles. The summed E-state index contributed by atoms with van der Waals surface area (Å²) in [5.41, 5.74) is -1.82. The molecule has 0 atom stereocenters. The van der Waals surface area contributed by atoms with Crippen LogP contribution in [0.2, 0.25) is 0 Å². The minimum atomic E-state index is -0.348. The van der Waals surface area contributed by atoms with Crippen LogP contribution in [0.3, 0.4) is 0 Å². The number of rotatable bonds is 0. The Kier molecular flexibility index (Phi) is 3.76. The van der Waals surface area contributed by atoms with Gasteiger partial charge in [-0.25, -0.2) is 0 Å². The predicted molar refractivity (Wildman–Crippen MR) is 94.0 cm³/mol. The van der Waals surface area contributed by atoms with Crippen molar-refractivity contribution in [2.45, 2.75) is 0 Å². The molecule has 12 heteroatoms. The highest BCUT2D eigenvalue weighted by atomic mass is 15.4. The van der Waals surface area contributed by atoms with E-state index in [4.69, 9.17) is 0 Å². The average Bonchev–Trinajstić information content (AvgIpc) is 2.80. The van der Waals surface area contributed by atoms with Gasteiger partial charge in [0.1, 0.15) is 58.5 Å². The van der Waals surface area contributed by atoms with E-state index in [1.807, 2.05) is 18.2 Å². The molecule has 0 saturated heterocycles. The standard InChI is InChI=1S/C18N12/c19-1-7-8(2-20)10(4-22)14-13(9(7)3-21)15-11(5-23)12(6-24)25-26-16(15)18-17(14)27-29-30-28-18. The van der Waals surface area contributed by atoms with Gasteiger partial charge in [-0.05, 0) is 10.4 Å². The van der Waals surface area contributed by atoms with Crippen LogP contribution < -0.4 is 0 Å². The molecule has 12 nitrogen and oxygen atoms in total. The lowest BCUT2D eigenvalue weighted by atomic mass is 9.87. The molecule has 0 unspecified atom stereocenters. The largest absolute Gasteiger partial charge is 0.192 e. The Balaban J connectivity index is 2.63. The second-order valence-corrected chi connectivity index (χ2v) is 5.64. The zero-order valence-corrected chi connectivity index (χ0v) is 14.4. The first-order valence-electron chi connectivity index (χ1n) is 7.79. The van der Waals surface area contributed by atoms with Crippen molar-refractivity contribution in [1.29, 1.82) is 31.6 Å². The summed E-state index contributed by atoms with van der Waals surface area (Å²) >= 11 is 0. The predicted octanol–water partition coefficient (Wildman–Crippen LogP) is 0.746. The summed E-state index contributed by atoms with van der Waals surface area (Å²) in [4.78, 5) is 0. The van der Waals surface area contributed by atoms with Gasteiger partial charge in [0.25, 0.3) is 0 Å². The number of hydrogen-bond acceptors (Lipinski definition) is 12. The van der Waals surface area contributed by atoms with E-state index in [2.05, 4.69) is 30.8 Å². The molecule has 0 fully saturated rings. The molecule has 0 aliphatic carbocycles. The Hall–Kier alpha value is -5.82. The van der Waals surface area contributed by atoms with Crippen molar-refractivity contribution in [3.8, 4) is 36.4 Å². The van der Waals surface area contributed by atoms with Crippen LogP contribution in [0.4, 0.5) is 0 Å². The van der Waals surface area contributed by atoms with Crippen LogP contribution in [0.1, 0.15) is 33.5 Å². The van der Waals surface area contributed by atoms with E-state index >= 15 is 0 Å². The highest BCUT2D eigenvalue weighted by Gasteiger charge is 2.28. The maximum atomic E-state index is 9.81. The number of aromatic nitrogens is 6. The third-order valence-electron chi connectivity index (χ3n) is 4.40. The third kappa shape index (κ3) is 2.02. The fourth-order valence-electron chi connectivity index (χ4n) is 3.27. The van der Waals surface area contributed by atoms with E-state index in [9.17, 15) is 31.6 Å². The Morgan fingerprint density at radius 3 is 1.40 bits per heavy atom. The molecule has 0 aliphatic rings. The number of fused-ring (bicyclic) bond motifs is 6. The molecule has 0 bridgehead atoms. The van der Waals surface area contributed by atoms with Crippen LogP contribution in [0, 0.1) is 68.0 Å². The summed E-state index contributed by atoms with van der Waals surface area (Å²) in [7, 11) is 0. The molecule has 132 valence electrons. The van der Waals surface area contributed by atoms with Gasteiger partial charge in [-0.3, -0.25) is 0 Å². The van der Waals surface area contributed by atoms with Crippen molar-refractivity contribution < 1.29 is 0 Å². The molecule has 0 saturated carbocycles. The van der Waals surface area contributed by atoms with Crippen LogP contribution >= 0.6 is 0 Å². The van der Waals surface area contributed by atoms with E-state index in [0.29, 0.717) is 0 Å². The molecule has 4 aromatic rings. The van der Waals surface area contributed by atoms with Gasteiger partial charge >= 0.3 is 0 Å². The van der Waals surface area contributed by atoms with E-state index in [1.54, 1.807) is 18.2 Å². The quantitative estimate of drug-likeness (QED) is 0.383. The number of nitriles is 6. The summed E-state index contributed by atoms with van der Waals surface area (Å²) in [5.74, 6) is 0. The van der Waals surface area contributed by atoms with Gasteiger partial charge in [-0.2, -0.15) is 31.6 Å². The van der Waals surface area contributed by atoms with Crippen molar-refractivity contribution in [1.82, 2.24) is 30.8 Å². The van der Waals surface area contributed by atoms with Crippen molar-refractivity contribution >= 4 is 32.7 Å². The molecule has 0 spiro atoms. The van der Waals surface area contributed by atoms with Gasteiger partial charge in [0.15, 0.2) is 5.69 Å². The maximum Gasteiger partial charge on any atom is 0.181 e. The van der Waals surface area contributed by atoms with Gasteiger partial charge in [0, 0.05) is 16.2 Å². The van der Waals surface area contributed by atoms with Crippen LogP contribution in [0.15, 0.2) is 0 Å². The van der Waals surface area contributed by atoms with Crippen molar-refractivity contribution in [3.63, 3.8) is 0 Å². The Labute approximate surface area is 165 Å². The molecule has 0 amide bonds. The minimum Gasteiger partial charge on any atom is -0.192 e. The van der Waals surface area contributed by atoms with Crippen LogP contribution in [0.5, 0.6) is 0 Å². The highest BCUT2D eigenvalue weighted by Crippen LogP contribution is 2.40. The molecule has 30 heavy (non-hydrogen) atoms. The van der Waals surface area contributed by atoms with Crippen LogP contribution in [0.25, 0.3) is 32.7 Å². The van der Waals surface area contributed by atoms with Crippen molar-refractivity contribution in [2.24, 2.45) is 0 Å². The van der Waals surface area contributed by atoms with Gasteiger partial charge < -0.3 is 0 Å². The molecule has 4 rings (SSSR count). The monoisotopic (exact) mass is 384 g/mol. The van der Waals surface area contributed by atoms with Crippen molar-refractivity contribution in [2.75, 3.05) is 0 Å². The Morgan fingerprint density at radius 2 is 0.867 bits per heavy atom. The lowest BCUT2D eigenvalue weighted by Gasteiger charge is -2.13. The van der Waals surface area contributed by atoms with Gasteiger partial charge in [0.2, 0.25) is 0 Å². The normalized spacial score (nSPS) is 9.80. The highest BCUT2D eigenvalue weighted by molar-refractivity contribution is 6.26. The van der Waals surface area contributed by atoms with Crippen molar-refractivity contribution in [3.05, 3.63) is 33.5 Å².